The second kappa shape index (κ2) is 4.90. The van der Waals surface area contributed by atoms with Crippen LogP contribution in [0.1, 0.15) is 24.8 Å². The van der Waals surface area contributed by atoms with Gasteiger partial charge in [-0.1, -0.05) is 24.6 Å². The first kappa shape index (κ1) is 12.0. The standard InChI is InChI=1S/C15H22N2O/c1-18-14-8-3-2-5-10(14)9-13(17-16)15-11-6-4-7-12(11)15/h2-3,5,8,11-13,15,17H,4,6-7,9,16H2,1H3. The Morgan fingerprint density at radius 1 is 1.33 bits per heavy atom. The van der Waals surface area contributed by atoms with Crippen molar-refractivity contribution < 1.29 is 4.74 Å². The molecule has 0 spiro atoms. The third-order valence-electron chi connectivity index (χ3n) is 4.78. The van der Waals surface area contributed by atoms with Gasteiger partial charge in [-0.2, -0.15) is 0 Å². The summed E-state index contributed by atoms with van der Waals surface area (Å²) in [4.78, 5) is 0. The molecule has 2 aliphatic rings. The molecule has 3 nitrogen and oxygen atoms in total. The number of hydrogen-bond acceptors (Lipinski definition) is 3. The van der Waals surface area contributed by atoms with Crippen LogP contribution in [0.15, 0.2) is 24.3 Å². The fraction of sp³-hybridized carbons (Fsp3) is 0.600. The van der Waals surface area contributed by atoms with E-state index in [2.05, 4.69) is 17.6 Å². The number of ether oxygens (including phenoxy) is 1. The average molecular weight is 246 g/mol. The lowest BCUT2D eigenvalue weighted by atomic mass is 9.97. The molecule has 2 aliphatic carbocycles. The molecule has 3 unspecified atom stereocenters. The fourth-order valence-electron chi connectivity index (χ4n) is 3.89. The number of benzene rings is 1. The fourth-order valence-corrected chi connectivity index (χ4v) is 3.89. The van der Waals surface area contributed by atoms with E-state index in [9.17, 15) is 0 Å². The Labute approximate surface area is 109 Å². The Morgan fingerprint density at radius 2 is 2.06 bits per heavy atom. The lowest BCUT2D eigenvalue weighted by Crippen LogP contribution is -2.39. The summed E-state index contributed by atoms with van der Waals surface area (Å²) in [6.07, 6.45) is 5.19. The van der Waals surface area contributed by atoms with Gasteiger partial charge in [0, 0.05) is 6.04 Å². The van der Waals surface area contributed by atoms with Crippen molar-refractivity contribution in [2.24, 2.45) is 23.6 Å². The summed E-state index contributed by atoms with van der Waals surface area (Å²) >= 11 is 0. The first-order valence-corrected chi connectivity index (χ1v) is 6.93. The lowest BCUT2D eigenvalue weighted by Gasteiger charge is -2.19. The molecule has 18 heavy (non-hydrogen) atoms. The van der Waals surface area contributed by atoms with Crippen LogP contribution in [-0.2, 0) is 6.42 Å². The third kappa shape index (κ3) is 2.02. The van der Waals surface area contributed by atoms with Gasteiger partial charge in [0.2, 0.25) is 0 Å². The van der Waals surface area contributed by atoms with E-state index >= 15 is 0 Å². The lowest BCUT2D eigenvalue weighted by molar-refractivity contribution is 0.386. The molecular weight excluding hydrogens is 224 g/mol. The monoisotopic (exact) mass is 246 g/mol. The zero-order valence-corrected chi connectivity index (χ0v) is 10.9. The summed E-state index contributed by atoms with van der Waals surface area (Å²) in [5.41, 5.74) is 4.29. The topological polar surface area (TPSA) is 47.3 Å². The molecule has 0 heterocycles. The van der Waals surface area contributed by atoms with Crippen molar-refractivity contribution in [3.8, 4) is 5.75 Å². The molecule has 2 fully saturated rings. The van der Waals surface area contributed by atoms with Gasteiger partial charge in [-0.15, -0.1) is 0 Å². The van der Waals surface area contributed by atoms with E-state index in [1.807, 2.05) is 12.1 Å². The molecule has 3 heteroatoms. The van der Waals surface area contributed by atoms with Crippen LogP contribution in [0.3, 0.4) is 0 Å². The maximum atomic E-state index is 5.77. The predicted octanol–water partition coefficient (Wildman–Crippen LogP) is 2.12. The molecule has 0 aliphatic heterocycles. The molecule has 0 aromatic heterocycles. The van der Waals surface area contributed by atoms with E-state index in [-0.39, 0.29) is 0 Å². The van der Waals surface area contributed by atoms with Crippen LogP contribution >= 0.6 is 0 Å². The molecule has 3 rings (SSSR count). The molecule has 0 radical (unpaired) electrons. The van der Waals surface area contributed by atoms with Gasteiger partial charge in [0.25, 0.3) is 0 Å². The Hall–Kier alpha value is -1.06. The van der Waals surface area contributed by atoms with Gasteiger partial charge in [-0.3, -0.25) is 11.3 Å². The average Bonchev–Trinajstić information content (AvgIpc) is 2.88. The predicted molar refractivity (Wildman–Crippen MR) is 72.1 cm³/mol. The van der Waals surface area contributed by atoms with E-state index in [0.717, 1.165) is 29.9 Å². The van der Waals surface area contributed by atoms with Gasteiger partial charge in [-0.25, -0.2) is 0 Å². The minimum atomic E-state index is 0.400. The van der Waals surface area contributed by atoms with Crippen molar-refractivity contribution in [2.75, 3.05) is 7.11 Å². The Morgan fingerprint density at radius 3 is 2.72 bits per heavy atom. The van der Waals surface area contributed by atoms with Crippen molar-refractivity contribution in [2.45, 2.75) is 31.7 Å². The van der Waals surface area contributed by atoms with E-state index in [0.29, 0.717) is 6.04 Å². The van der Waals surface area contributed by atoms with Crippen LogP contribution in [-0.4, -0.2) is 13.2 Å². The molecule has 1 aromatic carbocycles. The maximum Gasteiger partial charge on any atom is 0.122 e. The van der Waals surface area contributed by atoms with Crippen molar-refractivity contribution in [3.63, 3.8) is 0 Å². The van der Waals surface area contributed by atoms with Crippen molar-refractivity contribution >= 4 is 0 Å². The van der Waals surface area contributed by atoms with Gasteiger partial charge in [0.15, 0.2) is 0 Å². The number of rotatable bonds is 5. The Kier molecular flexibility index (Phi) is 3.27. The van der Waals surface area contributed by atoms with Crippen LogP contribution in [0.25, 0.3) is 0 Å². The largest absolute Gasteiger partial charge is 0.496 e. The number of nitrogens with one attached hydrogen (secondary N) is 1. The summed E-state index contributed by atoms with van der Waals surface area (Å²) in [6, 6.07) is 8.65. The smallest absolute Gasteiger partial charge is 0.122 e. The minimum absolute atomic E-state index is 0.400. The highest BCUT2D eigenvalue weighted by molar-refractivity contribution is 5.34. The molecule has 0 saturated heterocycles. The Bertz CT molecular complexity index is 411. The first-order chi connectivity index (χ1) is 8.85. The van der Waals surface area contributed by atoms with Crippen molar-refractivity contribution in [3.05, 3.63) is 29.8 Å². The Balaban J connectivity index is 1.70. The SMILES string of the molecule is COc1ccccc1CC(NN)C1C2CCCC21. The first-order valence-electron chi connectivity index (χ1n) is 6.93. The summed E-state index contributed by atoms with van der Waals surface area (Å²) in [6.45, 7) is 0. The van der Waals surface area contributed by atoms with Crippen LogP contribution in [0, 0.1) is 17.8 Å². The highest BCUT2D eigenvalue weighted by atomic mass is 16.5. The number of nitrogens with two attached hydrogens (primary N) is 1. The van der Waals surface area contributed by atoms with E-state index in [1.54, 1.807) is 7.11 Å². The number of para-hydroxylation sites is 1. The molecule has 98 valence electrons. The second-order valence-corrected chi connectivity index (χ2v) is 5.63. The summed E-state index contributed by atoms with van der Waals surface area (Å²) < 4.78 is 5.42. The van der Waals surface area contributed by atoms with Gasteiger partial charge >= 0.3 is 0 Å². The summed E-state index contributed by atoms with van der Waals surface area (Å²) in [5, 5.41) is 0. The quantitative estimate of drug-likeness (QED) is 0.618. The van der Waals surface area contributed by atoms with Gasteiger partial charge in [-0.05, 0) is 48.6 Å². The molecule has 0 bridgehead atoms. The zero-order valence-electron chi connectivity index (χ0n) is 10.9. The van der Waals surface area contributed by atoms with E-state index in [4.69, 9.17) is 10.6 Å². The van der Waals surface area contributed by atoms with E-state index < -0.39 is 0 Å². The number of fused-ring (bicyclic) bond motifs is 1. The zero-order chi connectivity index (χ0) is 12.5. The number of methoxy groups -OCH3 is 1. The molecular formula is C15H22N2O. The van der Waals surface area contributed by atoms with Crippen LogP contribution in [0.4, 0.5) is 0 Å². The normalized spacial score (nSPS) is 30.9. The van der Waals surface area contributed by atoms with Crippen LogP contribution < -0.4 is 16.0 Å². The number of hydrazine groups is 1. The highest BCUT2D eigenvalue weighted by Gasteiger charge is 2.55. The van der Waals surface area contributed by atoms with Gasteiger partial charge in [0.1, 0.15) is 5.75 Å². The number of hydrogen-bond donors (Lipinski definition) is 2. The third-order valence-corrected chi connectivity index (χ3v) is 4.78. The maximum absolute atomic E-state index is 5.77. The molecule has 1 aromatic rings. The molecule has 3 N–H and O–H groups in total. The van der Waals surface area contributed by atoms with Crippen LogP contribution in [0.5, 0.6) is 5.75 Å². The summed E-state index contributed by atoms with van der Waals surface area (Å²) in [7, 11) is 1.73. The minimum Gasteiger partial charge on any atom is -0.496 e. The van der Waals surface area contributed by atoms with E-state index in [1.165, 1.54) is 24.8 Å². The summed E-state index contributed by atoms with van der Waals surface area (Å²) in [5.74, 6) is 9.39. The molecule has 2 saturated carbocycles. The van der Waals surface area contributed by atoms with Crippen molar-refractivity contribution in [1.29, 1.82) is 0 Å². The second-order valence-electron chi connectivity index (χ2n) is 5.63. The van der Waals surface area contributed by atoms with Crippen LogP contribution in [0.2, 0.25) is 0 Å². The molecule has 3 atom stereocenters. The van der Waals surface area contributed by atoms with Gasteiger partial charge in [0.05, 0.1) is 7.11 Å². The highest BCUT2D eigenvalue weighted by Crippen LogP contribution is 2.59. The van der Waals surface area contributed by atoms with Crippen molar-refractivity contribution in [1.82, 2.24) is 5.43 Å². The van der Waals surface area contributed by atoms with Gasteiger partial charge < -0.3 is 4.74 Å². The molecule has 0 amide bonds.